The van der Waals surface area contributed by atoms with Crippen LogP contribution in [0.4, 0.5) is 0 Å². The molecule has 154 valence electrons. The Morgan fingerprint density at radius 1 is 1.10 bits per heavy atom. The molecule has 0 bridgehead atoms. The van der Waals surface area contributed by atoms with Crippen molar-refractivity contribution >= 4 is 46.2 Å². The van der Waals surface area contributed by atoms with Crippen molar-refractivity contribution in [2.45, 2.75) is 6.54 Å². The normalized spacial score (nSPS) is 15.4. The van der Waals surface area contributed by atoms with E-state index in [0.717, 1.165) is 11.1 Å². The molecule has 5 nitrogen and oxygen atoms in total. The van der Waals surface area contributed by atoms with Crippen molar-refractivity contribution in [1.29, 1.82) is 0 Å². The van der Waals surface area contributed by atoms with Crippen LogP contribution in [0.5, 0.6) is 0 Å². The zero-order valence-corrected chi connectivity index (χ0v) is 17.9. The van der Waals surface area contributed by atoms with Crippen molar-refractivity contribution in [2.75, 3.05) is 19.7 Å². The Bertz CT molecular complexity index is 959. The fraction of sp³-hybridized carbons (Fsp3) is 0.174. The second-order valence-electron chi connectivity index (χ2n) is 6.58. The first-order valence-corrected chi connectivity index (χ1v) is 10.7. The maximum atomic E-state index is 12.8. The number of carbonyl (C=O) groups is 2. The van der Waals surface area contributed by atoms with Gasteiger partial charge in [-0.05, 0) is 17.2 Å². The minimum atomic E-state index is -0.278. The van der Waals surface area contributed by atoms with Crippen molar-refractivity contribution in [3.8, 4) is 0 Å². The molecule has 0 spiro atoms. The summed E-state index contributed by atoms with van der Waals surface area (Å²) in [7, 11) is 0. The molecule has 30 heavy (non-hydrogen) atoms. The van der Waals surface area contributed by atoms with Crippen LogP contribution in [-0.2, 0) is 16.1 Å². The van der Waals surface area contributed by atoms with Gasteiger partial charge >= 0.3 is 0 Å². The summed E-state index contributed by atoms with van der Waals surface area (Å²) in [5.41, 5.74) is 1.98. The van der Waals surface area contributed by atoms with Crippen LogP contribution < -0.4 is 0 Å². The molecule has 1 aliphatic rings. The minimum absolute atomic E-state index is 0.142. The second kappa shape index (κ2) is 10.9. The molecule has 1 N–H and O–H groups in total. The number of benzene rings is 2. The van der Waals surface area contributed by atoms with Gasteiger partial charge in [-0.1, -0.05) is 96.8 Å². The molecular weight excluding hydrogens is 416 g/mol. The van der Waals surface area contributed by atoms with Crippen molar-refractivity contribution in [2.24, 2.45) is 0 Å². The molecule has 7 heteroatoms. The van der Waals surface area contributed by atoms with Gasteiger partial charge in [-0.2, -0.15) is 0 Å². The van der Waals surface area contributed by atoms with E-state index in [0.29, 0.717) is 15.8 Å². The Labute approximate surface area is 185 Å². The van der Waals surface area contributed by atoms with Crippen LogP contribution in [-0.4, -0.2) is 50.7 Å². The number of thioether (sulfide) groups is 1. The highest BCUT2D eigenvalue weighted by Crippen LogP contribution is 2.31. The largest absolute Gasteiger partial charge is 0.395 e. The summed E-state index contributed by atoms with van der Waals surface area (Å²) in [4.78, 5) is 28.9. The number of rotatable bonds is 8. The number of aliphatic hydroxyl groups excluding tert-OH is 1. The van der Waals surface area contributed by atoms with Crippen LogP contribution in [0.2, 0.25) is 0 Å². The van der Waals surface area contributed by atoms with Gasteiger partial charge in [0.15, 0.2) is 0 Å². The zero-order valence-electron chi connectivity index (χ0n) is 16.3. The molecule has 0 aromatic heterocycles. The van der Waals surface area contributed by atoms with E-state index in [1.165, 1.54) is 21.6 Å². The lowest BCUT2D eigenvalue weighted by Crippen LogP contribution is -2.42. The first-order chi connectivity index (χ1) is 14.6. The third-order valence-electron chi connectivity index (χ3n) is 4.44. The summed E-state index contributed by atoms with van der Waals surface area (Å²) >= 11 is 6.51. The van der Waals surface area contributed by atoms with E-state index < -0.39 is 0 Å². The average molecular weight is 439 g/mol. The van der Waals surface area contributed by atoms with Crippen molar-refractivity contribution in [1.82, 2.24) is 9.80 Å². The molecule has 2 aromatic rings. The van der Waals surface area contributed by atoms with Gasteiger partial charge < -0.3 is 10.0 Å². The van der Waals surface area contributed by atoms with E-state index in [2.05, 4.69) is 0 Å². The Balaban J connectivity index is 1.65. The molecule has 0 radical (unpaired) electrons. The lowest BCUT2D eigenvalue weighted by atomic mass is 10.2. The first kappa shape index (κ1) is 22.0. The molecule has 0 aliphatic carbocycles. The highest BCUT2D eigenvalue weighted by molar-refractivity contribution is 8.26. The highest BCUT2D eigenvalue weighted by Gasteiger charge is 2.34. The van der Waals surface area contributed by atoms with Crippen LogP contribution in [0.15, 0.2) is 77.7 Å². The van der Waals surface area contributed by atoms with Crippen LogP contribution in [0.3, 0.4) is 0 Å². The van der Waals surface area contributed by atoms with Crippen molar-refractivity contribution in [3.63, 3.8) is 0 Å². The zero-order chi connectivity index (χ0) is 21.3. The van der Waals surface area contributed by atoms with Crippen molar-refractivity contribution < 1.29 is 14.7 Å². The van der Waals surface area contributed by atoms with E-state index in [1.807, 2.05) is 66.7 Å². The van der Waals surface area contributed by atoms with Crippen LogP contribution in [0.25, 0.3) is 6.08 Å². The van der Waals surface area contributed by atoms with Gasteiger partial charge in [0.25, 0.3) is 5.91 Å². The summed E-state index contributed by atoms with van der Waals surface area (Å²) in [5, 5.41) is 9.34. The standard InChI is InChI=1S/C23H22N2O3S2/c26-15-14-24(16-19-10-5-2-6-11-19)21(27)17-25-22(28)20(30-23(25)29)13-7-12-18-8-3-1-4-9-18/h1-13,26H,14-17H2. The number of aliphatic hydroxyl groups is 1. The Hall–Kier alpha value is -2.74. The van der Waals surface area contributed by atoms with Gasteiger partial charge in [0.05, 0.1) is 11.5 Å². The van der Waals surface area contributed by atoms with Gasteiger partial charge in [-0.15, -0.1) is 0 Å². The fourth-order valence-corrected chi connectivity index (χ4v) is 4.12. The van der Waals surface area contributed by atoms with E-state index in [9.17, 15) is 14.7 Å². The predicted molar refractivity (Wildman–Crippen MR) is 124 cm³/mol. The summed E-state index contributed by atoms with van der Waals surface area (Å²) in [6.07, 6.45) is 5.42. The molecule has 1 heterocycles. The van der Waals surface area contributed by atoms with Crippen molar-refractivity contribution in [3.05, 3.63) is 88.8 Å². The summed E-state index contributed by atoms with van der Waals surface area (Å²) in [6.45, 7) is 0.265. The van der Waals surface area contributed by atoms with Gasteiger partial charge in [-0.25, -0.2) is 0 Å². The number of thiocarbonyl (C=S) groups is 1. The Morgan fingerprint density at radius 2 is 1.77 bits per heavy atom. The first-order valence-electron chi connectivity index (χ1n) is 9.48. The number of hydrogen-bond donors (Lipinski definition) is 1. The second-order valence-corrected chi connectivity index (χ2v) is 8.26. The lowest BCUT2D eigenvalue weighted by molar-refractivity contribution is -0.136. The van der Waals surface area contributed by atoms with E-state index in [4.69, 9.17) is 12.2 Å². The van der Waals surface area contributed by atoms with Gasteiger partial charge in [0, 0.05) is 13.1 Å². The van der Waals surface area contributed by atoms with E-state index in [1.54, 1.807) is 12.2 Å². The Kier molecular flexibility index (Phi) is 7.96. The number of allylic oxidation sites excluding steroid dienone is 2. The van der Waals surface area contributed by atoms with E-state index in [-0.39, 0.29) is 31.5 Å². The number of carbonyl (C=O) groups excluding carboxylic acids is 2. The molecule has 0 atom stereocenters. The Morgan fingerprint density at radius 3 is 2.43 bits per heavy atom. The quantitative estimate of drug-likeness (QED) is 0.505. The topological polar surface area (TPSA) is 60.9 Å². The van der Waals surface area contributed by atoms with E-state index >= 15 is 0 Å². The predicted octanol–water partition coefficient (Wildman–Crippen LogP) is 3.47. The molecule has 2 amide bonds. The number of amides is 2. The molecule has 1 fully saturated rings. The summed E-state index contributed by atoms with van der Waals surface area (Å²) in [5.74, 6) is -0.537. The van der Waals surface area contributed by atoms with Gasteiger partial charge in [0.2, 0.25) is 5.91 Å². The van der Waals surface area contributed by atoms with Crippen LogP contribution in [0, 0.1) is 0 Å². The molecular formula is C23H22N2O3S2. The molecule has 0 unspecified atom stereocenters. The molecule has 2 aromatic carbocycles. The number of hydrogen-bond acceptors (Lipinski definition) is 5. The van der Waals surface area contributed by atoms with Gasteiger partial charge in [0.1, 0.15) is 10.9 Å². The maximum Gasteiger partial charge on any atom is 0.266 e. The lowest BCUT2D eigenvalue weighted by Gasteiger charge is -2.24. The molecule has 1 saturated heterocycles. The minimum Gasteiger partial charge on any atom is -0.395 e. The molecule has 3 rings (SSSR count). The molecule has 1 aliphatic heterocycles. The van der Waals surface area contributed by atoms with Gasteiger partial charge in [-0.3, -0.25) is 14.5 Å². The third-order valence-corrected chi connectivity index (χ3v) is 5.84. The third kappa shape index (κ3) is 5.89. The highest BCUT2D eigenvalue weighted by atomic mass is 32.2. The maximum absolute atomic E-state index is 12.8. The van der Waals surface area contributed by atoms with Crippen LogP contribution in [0.1, 0.15) is 11.1 Å². The smallest absolute Gasteiger partial charge is 0.266 e. The van der Waals surface area contributed by atoms with Crippen LogP contribution >= 0.6 is 24.0 Å². The monoisotopic (exact) mass is 438 g/mol. The SMILES string of the molecule is O=C(CN1C(=O)C(=CC=Cc2ccccc2)SC1=S)N(CCO)Cc1ccccc1. The summed E-state index contributed by atoms with van der Waals surface area (Å²) < 4.78 is 0.358. The average Bonchev–Trinajstić information content (AvgIpc) is 3.02. The molecule has 0 saturated carbocycles. The summed E-state index contributed by atoms with van der Waals surface area (Å²) in [6, 6.07) is 19.3. The number of nitrogens with zero attached hydrogens (tertiary/aromatic N) is 2. The fourth-order valence-electron chi connectivity index (χ4n) is 2.91.